The van der Waals surface area contributed by atoms with Crippen molar-refractivity contribution in [3.8, 4) is 0 Å². The molecule has 4 heteroatoms. The van der Waals surface area contributed by atoms with Crippen molar-refractivity contribution in [3.63, 3.8) is 0 Å². The van der Waals surface area contributed by atoms with Crippen molar-refractivity contribution in [3.05, 3.63) is 0 Å². The third-order valence-corrected chi connectivity index (χ3v) is 1.29. The molecule has 0 aromatic heterocycles. The molecule has 0 rings (SSSR count). The number of hydrogen-bond donors (Lipinski definition) is 0. The van der Waals surface area contributed by atoms with Crippen molar-refractivity contribution >= 4 is 42.3 Å². The first-order valence-corrected chi connectivity index (χ1v) is 3.38. The second kappa shape index (κ2) is 3.32. The molecule has 0 aromatic rings. The molecule has 0 amide bonds. The number of carbonyl (C=O) groups is 2. The van der Waals surface area contributed by atoms with Crippen LogP contribution < -0.4 is 0 Å². The van der Waals surface area contributed by atoms with E-state index in [-0.39, 0.29) is 5.33 Å². The van der Waals surface area contributed by atoms with Gasteiger partial charge in [-0.25, -0.2) is 0 Å². The average molecular weight is 230 g/mol. The molecule has 0 heterocycles. The van der Waals surface area contributed by atoms with Crippen LogP contribution in [0.2, 0.25) is 0 Å². The molecule has 0 aliphatic rings. The predicted molar refractivity (Wildman–Crippen MR) is 32.7 cm³/mol. The summed E-state index contributed by atoms with van der Waals surface area (Å²) in [5.74, 6) is -0.458. The molecule has 7 heavy (non-hydrogen) atoms. The van der Waals surface area contributed by atoms with Gasteiger partial charge >= 0.3 is 0 Å². The lowest BCUT2D eigenvalue weighted by Crippen LogP contribution is -2.06. The van der Waals surface area contributed by atoms with Crippen LogP contribution in [0.15, 0.2) is 0 Å². The van der Waals surface area contributed by atoms with Crippen molar-refractivity contribution in [2.24, 2.45) is 0 Å². The van der Waals surface area contributed by atoms with E-state index in [4.69, 9.17) is 0 Å². The van der Waals surface area contributed by atoms with Gasteiger partial charge in [0.25, 0.3) is 4.69 Å². The Morgan fingerprint density at radius 3 is 1.86 bits per heavy atom. The summed E-state index contributed by atoms with van der Waals surface area (Å²) in [6, 6.07) is 0. The van der Waals surface area contributed by atoms with Crippen LogP contribution in [0, 0.1) is 0 Å². The Hall–Kier alpha value is 0.300. The van der Waals surface area contributed by atoms with Gasteiger partial charge in [0.1, 0.15) is 0 Å². The molecule has 40 valence electrons. The van der Waals surface area contributed by atoms with Gasteiger partial charge in [0.15, 0.2) is 0 Å². The van der Waals surface area contributed by atoms with E-state index in [0.717, 1.165) is 0 Å². The zero-order chi connectivity index (χ0) is 5.86. The zero-order valence-corrected chi connectivity index (χ0v) is 6.45. The van der Waals surface area contributed by atoms with Gasteiger partial charge in [0.2, 0.25) is 5.78 Å². The highest BCUT2D eigenvalue weighted by molar-refractivity contribution is 9.19. The van der Waals surface area contributed by atoms with Crippen LogP contribution in [-0.2, 0) is 9.59 Å². The Morgan fingerprint density at radius 2 is 1.86 bits per heavy atom. The summed E-state index contributed by atoms with van der Waals surface area (Å²) in [6.07, 6.45) is 0. The van der Waals surface area contributed by atoms with E-state index in [1.807, 2.05) is 0 Å². The first-order valence-electron chi connectivity index (χ1n) is 1.47. The quantitative estimate of drug-likeness (QED) is 0.400. The second-order valence-electron chi connectivity index (χ2n) is 0.831. The molecule has 0 saturated heterocycles. The smallest absolute Gasteiger partial charge is 0.264 e. The van der Waals surface area contributed by atoms with Crippen molar-refractivity contribution in [2.45, 2.75) is 0 Å². The van der Waals surface area contributed by atoms with Crippen molar-refractivity contribution < 1.29 is 9.59 Å². The van der Waals surface area contributed by atoms with Crippen LogP contribution in [0.1, 0.15) is 0 Å². The van der Waals surface area contributed by atoms with E-state index in [0.29, 0.717) is 0 Å². The van der Waals surface area contributed by atoms with Gasteiger partial charge in [0.05, 0.1) is 5.33 Å². The first kappa shape index (κ1) is 7.30. The highest BCUT2D eigenvalue weighted by Gasteiger charge is 2.04. The first-order chi connectivity index (χ1) is 3.18. The van der Waals surface area contributed by atoms with Crippen molar-refractivity contribution in [1.82, 2.24) is 0 Å². The van der Waals surface area contributed by atoms with Crippen molar-refractivity contribution in [1.29, 1.82) is 0 Å². The summed E-state index contributed by atoms with van der Waals surface area (Å²) in [4.78, 5) is 20.0. The molecule has 0 aliphatic carbocycles. The number of rotatable bonds is 2. The molecular formula is C3H2Br2O2. The number of alkyl halides is 1. The molecular weight excluding hydrogens is 228 g/mol. The standard InChI is InChI=1S/C3H2Br2O2/c4-1-2(6)3(5)7/h1H2. The van der Waals surface area contributed by atoms with Gasteiger partial charge in [0, 0.05) is 15.9 Å². The summed E-state index contributed by atoms with van der Waals surface area (Å²) in [7, 11) is 0. The maximum atomic E-state index is 10.1. The molecule has 0 N–H and O–H groups in total. The largest absolute Gasteiger partial charge is 0.289 e. The Balaban J connectivity index is 3.58. The summed E-state index contributed by atoms with van der Waals surface area (Å²) in [5.41, 5.74) is 0. The van der Waals surface area contributed by atoms with Crippen LogP contribution in [0.25, 0.3) is 0 Å². The number of hydrogen-bond acceptors (Lipinski definition) is 2. The minimum Gasteiger partial charge on any atom is -0.289 e. The van der Waals surface area contributed by atoms with Crippen molar-refractivity contribution in [2.75, 3.05) is 5.33 Å². The fraction of sp³-hybridized carbons (Fsp3) is 0.333. The minimum atomic E-state index is -0.579. The van der Waals surface area contributed by atoms with Gasteiger partial charge in [-0.3, -0.25) is 9.59 Å². The lowest BCUT2D eigenvalue weighted by Gasteiger charge is -1.78. The Labute approximate surface area is 57.5 Å². The molecule has 0 aromatic carbocycles. The number of Topliss-reactive ketones (excluding diaryl/α,β-unsaturated/α-hetero) is 1. The topological polar surface area (TPSA) is 34.1 Å². The summed E-state index contributed by atoms with van der Waals surface area (Å²) >= 11 is 5.30. The number of halogens is 2. The van der Waals surface area contributed by atoms with Gasteiger partial charge in [-0.05, 0) is 0 Å². The monoisotopic (exact) mass is 228 g/mol. The van der Waals surface area contributed by atoms with E-state index in [1.54, 1.807) is 0 Å². The molecule has 2 nitrogen and oxygen atoms in total. The van der Waals surface area contributed by atoms with Crippen LogP contribution >= 0.6 is 31.9 Å². The second-order valence-corrected chi connectivity index (χ2v) is 2.11. The Morgan fingerprint density at radius 1 is 1.43 bits per heavy atom. The van der Waals surface area contributed by atoms with Gasteiger partial charge < -0.3 is 0 Å². The third kappa shape index (κ3) is 2.93. The highest BCUT2D eigenvalue weighted by Crippen LogP contribution is 1.89. The van der Waals surface area contributed by atoms with Gasteiger partial charge in [-0.1, -0.05) is 15.9 Å². The molecule has 0 saturated carbocycles. The van der Waals surface area contributed by atoms with Crippen LogP contribution in [0.3, 0.4) is 0 Å². The zero-order valence-electron chi connectivity index (χ0n) is 3.28. The lowest BCUT2D eigenvalue weighted by atomic mass is 10.5. The molecule has 0 aliphatic heterocycles. The molecule has 0 fully saturated rings. The maximum Gasteiger partial charge on any atom is 0.264 e. The number of carbonyl (C=O) groups excluding carboxylic acids is 2. The SMILES string of the molecule is O=C(Br)C(=O)CBr. The molecule has 0 atom stereocenters. The lowest BCUT2D eigenvalue weighted by molar-refractivity contribution is -0.129. The van der Waals surface area contributed by atoms with E-state index in [2.05, 4.69) is 31.9 Å². The maximum absolute atomic E-state index is 10.1. The minimum absolute atomic E-state index is 0.0943. The summed E-state index contributed by atoms with van der Waals surface area (Å²) in [6.45, 7) is 0. The van der Waals surface area contributed by atoms with E-state index in [1.165, 1.54) is 0 Å². The average Bonchev–Trinajstić information content (AvgIpc) is 1.65. The predicted octanol–water partition coefficient (Wildman–Crippen LogP) is 0.872. The van der Waals surface area contributed by atoms with Gasteiger partial charge in [-0.2, -0.15) is 0 Å². The highest BCUT2D eigenvalue weighted by atomic mass is 79.9. The fourth-order valence-electron chi connectivity index (χ4n) is 0.0525. The van der Waals surface area contributed by atoms with E-state index in [9.17, 15) is 9.59 Å². The Kier molecular flexibility index (Phi) is 3.46. The third-order valence-electron chi connectivity index (χ3n) is 0.341. The fourth-order valence-corrected chi connectivity index (χ4v) is 0.824. The molecule has 0 radical (unpaired) electrons. The normalized spacial score (nSPS) is 8.29. The van der Waals surface area contributed by atoms with Gasteiger partial charge in [-0.15, -0.1) is 0 Å². The van der Waals surface area contributed by atoms with Crippen LogP contribution in [0.5, 0.6) is 0 Å². The Bertz CT molecular complexity index is 99.1. The molecule has 0 unspecified atom stereocenters. The van der Waals surface area contributed by atoms with E-state index < -0.39 is 10.5 Å². The van der Waals surface area contributed by atoms with E-state index >= 15 is 0 Å². The summed E-state index contributed by atoms with van der Waals surface area (Å²) < 4.78 is -0.579. The summed E-state index contributed by atoms with van der Waals surface area (Å²) in [5, 5.41) is 0.0943. The van der Waals surface area contributed by atoms with Crippen LogP contribution in [0.4, 0.5) is 0 Å². The molecule has 0 spiro atoms. The molecule has 0 bridgehead atoms. The number of ketones is 1. The van der Waals surface area contributed by atoms with Crippen LogP contribution in [-0.4, -0.2) is 15.8 Å².